The summed E-state index contributed by atoms with van der Waals surface area (Å²) in [5.41, 5.74) is 2.88. The zero-order valence-corrected chi connectivity index (χ0v) is 28.6. The number of ether oxygens (including phenoxy) is 1. The van der Waals surface area contributed by atoms with Crippen molar-refractivity contribution in [3.8, 4) is 5.75 Å². The van der Waals surface area contributed by atoms with Crippen LogP contribution in [0.3, 0.4) is 0 Å². The third kappa shape index (κ3) is 7.37. The maximum Gasteiger partial charge on any atom is 0.267 e. The summed E-state index contributed by atoms with van der Waals surface area (Å²) in [6.07, 6.45) is 5.85. The molecule has 0 spiro atoms. The Balaban J connectivity index is 1.41. The first kappa shape index (κ1) is 33.1. The van der Waals surface area contributed by atoms with Gasteiger partial charge in [-0.25, -0.2) is 0 Å². The average Bonchev–Trinajstić information content (AvgIpc) is 3.55. The fourth-order valence-corrected chi connectivity index (χ4v) is 8.06. The van der Waals surface area contributed by atoms with Crippen molar-refractivity contribution < 1.29 is 35.2 Å². The van der Waals surface area contributed by atoms with Crippen LogP contribution in [0.15, 0.2) is 90.3 Å². The molecule has 1 unspecified atom stereocenters. The van der Waals surface area contributed by atoms with Crippen LogP contribution in [-0.4, -0.2) is 43.5 Å². The van der Waals surface area contributed by atoms with E-state index in [4.69, 9.17) is 4.74 Å². The second-order valence-electron chi connectivity index (χ2n) is 11.8. The van der Waals surface area contributed by atoms with Crippen molar-refractivity contribution in [2.45, 2.75) is 51.3 Å². The number of fused-ring (bicyclic) bond motifs is 5. The minimum Gasteiger partial charge on any atom is -0.439 e. The average molecular weight is 694 g/mol. The predicted molar refractivity (Wildman–Crippen MR) is 189 cm³/mol. The van der Waals surface area contributed by atoms with Crippen molar-refractivity contribution >= 4 is 75.1 Å². The standard InChI is InChI=1S/C35H36N2O7S3/c1-3-25(20-33-36(17-8-9-19-46(38,39)40)30-22-27-11-4-5-12-28(27)23-31(30)44-33)21-34-37(18-16-24(2)47(41,42)43)35-29-13-7-6-10-26(29)14-15-32(35)45-34/h4-7,10-15,20-24H,3,8-9,16-19H2,1-2H3,(H-,38,39,40,41,42,43)/p+1. The Labute approximate surface area is 278 Å². The summed E-state index contributed by atoms with van der Waals surface area (Å²) in [5, 5.41) is 4.27. The first-order valence-electron chi connectivity index (χ1n) is 15.6. The van der Waals surface area contributed by atoms with Crippen LogP contribution in [0.5, 0.6) is 5.75 Å². The van der Waals surface area contributed by atoms with Crippen molar-refractivity contribution in [3.63, 3.8) is 0 Å². The molecule has 0 amide bonds. The summed E-state index contributed by atoms with van der Waals surface area (Å²) < 4.78 is 75.0. The van der Waals surface area contributed by atoms with Crippen molar-refractivity contribution in [3.05, 3.63) is 95.3 Å². The molecule has 1 aromatic heterocycles. The number of unbranched alkanes of at least 4 members (excludes halogenated alkanes) is 1. The molecule has 2 heterocycles. The summed E-state index contributed by atoms with van der Waals surface area (Å²) >= 11 is 1.62. The highest BCUT2D eigenvalue weighted by Gasteiger charge is 2.28. The maximum absolute atomic E-state index is 11.9. The molecule has 6 rings (SSSR count). The van der Waals surface area contributed by atoms with Crippen LogP contribution in [0.4, 0.5) is 5.69 Å². The fourth-order valence-electron chi connectivity index (χ4n) is 5.90. The number of hydrogen-bond donors (Lipinski definition) is 2. The van der Waals surface area contributed by atoms with Gasteiger partial charge >= 0.3 is 0 Å². The molecule has 0 aliphatic carbocycles. The molecule has 12 heteroatoms. The molecule has 5 aromatic rings. The molecule has 2 N–H and O–H groups in total. The van der Waals surface area contributed by atoms with Gasteiger partial charge in [-0.05, 0) is 72.2 Å². The van der Waals surface area contributed by atoms with Gasteiger partial charge in [-0.1, -0.05) is 66.8 Å². The Kier molecular flexibility index (Phi) is 9.41. The molecule has 1 aliphatic rings. The molecule has 0 saturated heterocycles. The number of allylic oxidation sites excluding steroid dienone is 2. The van der Waals surface area contributed by atoms with E-state index in [1.165, 1.54) is 6.92 Å². The van der Waals surface area contributed by atoms with E-state index in [-0.39, 0.29) is 12.2 Å². The van der Waals surface area contributed by atoms with Crippen molar-refractivity contribution in [2.24, 2.45) is 0 Å². The minimum absolute atomic E-state index is 0.241. The summed E-state index contributed by atoms with van der Waals surface area (Å²) in [6.45, 7) is 4.46. The molecule has 0 radical (unpaired) electrons. The van der Waals surface area contributed by atoms with Crippen molar-refractivity contribution in [1.82, 2.24) is 0 Å². The zero-order valence-electron chi connectivity index (χ0n) is 26.2. The minimum atomic E-state index is -4.18. The Morgan fingerprint density at radius 2 is 1.66 bits per heavy atom. The number of rotatable bonds is 12. The molecule has 246 valence electrons. The zero-order chi connectivity index (χ0) is 33.3. The van der Waals surface area contributed by atoms with Gasteiger partial charge in [0.05, 0.1) is 22.1 Å². The third-order valence-electron chi connectivity index (χ3n) is 8.54. The van der Waals surface area contributed by atoms with E-state index in [2.05, 4.69) is 52.8 Å². The molecule has 0 saturated carbocycles. The quantitative estimate of drug-likeness (QED) is 0.0789. The van der Waals surface area contributed by atoms with Gasteiger partial charge in [-0.15, -0.1) is 0 Å². The largest absolute Gasteiger partial charge is 0.439 e. The highest BCUT2D eigenvalue weighted by molar-refractivity contribution is 7.86. The number of thiazole rings is 1. The number of aromatic nitrogens is 1. The molecule has 0 bridgehead atoms. The summed E-state index contributed by atoms with van der Waals surface area (Å²) in [4.78, 5) is 2.05. The second-order valence-corrected chi connectivity index (χ2v) is 16.3. The van der Waals surface area contributed by atoms with Gasteiger partial charge in [0.15, 0.2) is 12.3 Å². The number of benzene rings is 4. The number of hydrogen-bond acceptors (Lipinski definition) is 7. The first-order chi connectivity index (χ1) is 22.4. The van der Waals surface area contributed by atoms with Gasteiger partial charge in [-0.2, -0.15) is 21.4 Å². The van der Waals surface area contributed by atoms with Crippen LogP contribution in [0.25, 0.3) is 37.8 Å². The molecular weight excluding hydrogens is 657 g/mol. The molecular formula is C35H37N2O7S3+. The summed E-state index contributed by atoms with van der Waals surface area (Å²) in [5.74, 6) is 1.03. The van der Waals surface area contributed by atoms with Gasteiger partial charge in [0, 0.05) is 25.1 Å². The lowest BCUT2D eigenvalue weighted by molar-refractivity contribution is -0.668. The van der Waals surface area contributed by atoms with E-state index < -0.39 is 25.5 Å². The Morgan fingerprint density at radius 1 is 0.957 bits per heavy atom. The van der Waals surface area contributed by atoms with Crippen LogP contribution in [0, 0.1) is 0 Å². The van der Waals surface area contributed by atoms with Gasteiger partial charge in [0.1, 0.15) is 4.70 Å². The van der Waals surface area contributed by atoms with Crippen LogP contribution < -0.4 is 14.2 Å². The van der Waals surface area contributed by atoms with Crippen LogP contribution in [0.1, 0.15) is 44.5 Å². The van der Waals surface area contributed by atoms with Crippen molar-refractivity contribution in [1.29, 1.82) is 0 Å². The number of nitrogens with zero attached hydrogens (tertiary/aromatic N) is 2. The Hall–Kier alpha value is -3.81. The van der Waals surface area contributed by atoms with Gasteiger partial charge < -0.3 is 9.64 Å². The lowest BCUT2D eigenvalue weighted by Gasteiger charge is -2.19. The number of aryl methyl sites for hydroxylation is 1. The van der Waals surface area contributed by atoms with Crippen LogP contribution in [-0.2, 0) is 26.8 Å². The number of anilines is 1. The SMILES string of the molecule is CCC(/C=C1\Oc2cc3ccccc3cc2N1CCCCS(=O)(=O)O)=C\c1sc2ccc3ccccc3c2[n+]1CCC(C)S(=O)(=O)O. The van der Waals surface area contributed by atoms with E-state index >= 15 is 0 Å². The third-order valence-corrected chi connectivity index (χ3v) is 11.7. The lowest BCUT2D eigenvalue weighted by atomic mass is 10.1. The monoisotopic (exact) mass is 693 g/mol. The topological polar surface area (TPSA) is 125 Å². The predicted octanol–water partition coefficient (Wildman–Crippen LogP) is 7.36. The fraction of sp³-hybridized carbons (Fsp3) is 0.286. The Morgan fingerprint density at radius 3 is 2.36 bits per heavy atom. The molecule has 47 heavy (non-hydrogen) atoms. The summed E-state index contributed by atoms with van der Waals surface area (Å²) in [7, 11) is -8.23. The highest BCUT2D eigenvalue weighted by atomic mass is 32.2. The Bertz CT molecular complexity index is 2260. The van der Waals surface area contributed by atoms with Gasteiger partial charge in [-0.3, -0.25) is 9.11 Å². The molecule has 1 aliphatic heterocycles. The normalized spacial score (nSPS) is 15.5. The maximum atomic E-state index is 11.9. The van der Waals surface area contributed by atoms with E-state index in [1.54, 1.807) is 11.3 Å². The molecule has 4 aromatic carbocycles. The van der Waals surface area contributed by atoms with Gasteiger partial charge in [0.25, 0.3) is 25.2 Å². The first-order valence-corrected chi connectivity index (χ1v) is 19.5. The smallest absolute Gasteiger partial charge is 0.267 e. The second kappa shape index (κ2) is 13.4. The van der Waals surface area contributed by atoms with E-state index in [1.807, 2.05) is 48.5 Å². The highest BCUT2D eigenvalue weighted by Crippen LogP contribution is 2.42. The summed E-state index contributed by atoms with van der Waals surface area (Å²) in [6, 6.07) is 24.4. The van der Waals surface area contributed by atoms with Crippen molar-refractivity contribution in [2.75, 3.05) is 17.2 Å². The molecule has 1 atom stereocenters. The molecule has 9 nitrogen and oxygen atoms in total. The van der Waals surface area contributed by atoms with Gasteiger partial charge in [0.2, 0.25) is 11.4 Å². The van der Waals surface area contributed by atoms with E-state index in [0.29, 0.717) is 44.0 Å². The lowest BCUT2D eigenvalue weighted by Crippen LogP contribution is -2.37. The van der Waals surface area contributed by atoms with E-state index in [9.17, 15) is 25.9 Å². The van der Waals surface area contributed by atoms with E-state index in [0.717, 1.165) is 48.0 Å². The van der Waals surface area contributed by atoms with Crippen LogP contribution >= 0.6 is 11.3 Å². The molecule has 0 fully saturated rings. The van der Waals surface area contributed by atoms with Crippen LogP contribution in [0.2, 0.25) is 0 Å².